The first-order valence-corrected chi connectivity index (χ1v) is 6.68. The lowest BCUT2D eigenvalue weighted by atomic mass is 10.1. The fourth-order valence-corrected chi connectivity index (χ4v) is 2.17. The molecule has 3 rings (SSSR count). The van der Waals surface area contributed by atoms with E-state index in [4.69, 9.17) is 5.84 Å². The van der Waals surface area contributed by atoms with Crippen molar-refractivity contribution in [3.8, 4) is 0 Å². The topological polar surface area (TPSA) is 88.8 Å². The Morgan fingerprint density at radius 1 is 1.10 bits per heavy atom. The number of hydrazine groups is 1. The number of nitrogens with two attached hydrogens (primary N) is 1. The van der Waals surface area contributed by atoms with Crippen LogP contribution in [0, 0.1) is 0 Å². The Hall–Kier alpha value is -2.73. The molecule has 0 fully saturated rings. The van der Waals surface area contributed by atoms with E-state index in [0.29, 0.717) is 5.95 Å². The molecule has 1 aromatic carbocycles. The monoisotopic (exact) mass is 280 g/mol. The predicted molar refractivity (Wildman–Crippen MR) is 83.6 cm³/mol. The Bertz CT molecular complexity index is 743. The molecular formula is C15H16N6. The van der Waals surface area contributed by atoms with Crippen molar-refractivity contribution in [3.05, 3.63) is 54.4 Å². The molecule has 106 valence electrons. The number of nitrogen functional groups attached to an aromatic ring is 1. The zero-order valence-electron chi connectivity index (χ0n) is 11.6. The Kier molecular flexibility index (Phi) is 3.61. The second-order valence-electron chi connectivity index (χ2n) is 4.71. The van der Waals surface area contributed by atoms with Crippen LogP contribution in [-0.4, -0.2) is 15.0 Å². The molecule has 1 unspecified atom stereocenters. The van der Waals surface area contributed by atoms with E-state index in [2.05, 4.69) is 32.6 Å². The maximum Gasteiger partial charge on any atom is 0.239 e. The minimum absolute atomic E-state index is 0.0719. The van der Waals surface area contributed by atoms with Crippen LogP contribution in [-0.2, 0) is 0 Å². The summed E-state index contributed by atoms with van der Waals surface area (Å²) in [5, 5.41) is 4.34. The van der Waals surface area contributed by atoms with Gasteiger partial charge in [0.2, 0.25) is 5.95 Å². The number of hydrogen-bond acceptors (Lipinski definition) is 6. The summed E-state index contributed by atoms with van der Waals surface area (Å²) in [4.78, 5) is 12.9. The number of fused-ring (bicyclic) bond motifs is 1. The standard InChI is InChI=1S/C15H16N6/c1-10(11-5-4-8-17-9-11)18-14-12-6-2-3-7-13(12)19-15(20-14)21-16/h2-10H,16H2,1H3,(H2,18,19,20,21). The largest absolute Gasteiger partial charge is 0.363 e. The molecule has 0 aliphatic carbocycles. The highest BCUT2D eigenvalue weighted by atomic mass is 15.3. The van der Waals surface area contributed by atoms with Crippen molar-refractivity contribution in [1.82, 2.24) is 15.0 Å². The van der Waals surface area contributed by atoms with E-state index in [1.165, 1.54) is 0 Å². The molecule has 2 aromatic heterocycles. The number of para-hydroxylation sites is 1. The van der Waals surface area contributed by atoms with Gasteiger partial charge >= 0.3 is 0 Å². The maximum atomic E-state index is 5.44. The van der Waals surface area contributed by atoms with Gasteiger partial charge in [-0.1, -0.05) is 18.2 Å². The molecule has 0 radical (unpaired) electrons. The van der Waals surface area contributed by atoms with Gasteiger partial charge in [0, 0.05) is 17.8 Å². The molecule has 4 N–H and O–H groups in total. The zero-order valence-corrected chi connectivity index (χ0v) is 11.6. The van der Waals surface area contributed by atoms with Crippen LogP contribution < -0.4 is 16.6 Å². The van der Waals surface area contributed by atoms with Crippen LogP contribution in [0.4, 0.5) is 11.8 Å². The van der Waals surface area contributed by atoms with Gasteiger partial charge in [-0.2, -0.15) is 4.98 Å². The lowest BCUT2D eigenvalue weighted by Crippen LogP contribution is -2.14. The van der Waals surface area contributed by atoms with Crippen molar-refractivity contribution in [3.63, 3.8) is 0 Å². The molecule has 3 aromatic rings. The molecule has 0 bridgehead atoms. The summed E-state index contributed by atoms with van der Waals surface area (Å²) in [6, 6.07) is 11.8. The third-order valence-corrected chi connectivity index (χ3v) is 3.27. The average molecular weight is 280 g/mol. The number of aromatic nitrogens is 3. The highest BCUT2D eigenvalue weighted by molar-refractivity contribution is 5.90. The fraction of sp³-hybridized carbons (Fsp3) is 0.133. The number of nitrogens with zero attached hydrogens (tertiary/aromatic N) is 3. The van der Waals surface area contributed by atoms with Gasteiger partial charge in [-0.05, 0) is 30.7 Å². The van der Waals surface area contributed by atoms with E-state index in [-0.39, 0.29) is 6.04 Å². The lowest BCUT2D eigenvalue weighted by Gasteiger charge is -2.16. The summed E-state index contributed by atoms with van der Waals surface area (Å²) in [6.45, 7) is 2.06. The van der Waals surface area contributed by atoms with E-state index in [9.17, 15) is 0 Å². The van der Waals surface area contributed by atoms with Gasteiger partial charge in [-0.25, -0.2) is 10.8 Å². The second kappa shape index (κ2) is 5.72. The van der Waals surface area contributed by atoms with Gasteiger partial charge in [0.1, 0.15) is 5.82 Å². The van der Waals surface area contributed by atoms with Crippen molar-refractivity contribution in [2.75, 3.05) is 10.7 Å². The maximum absolute atomic E-state index is 5.44. The molecule has 0 saturated carbocycles. The summed E-state index contributed by atoms with van der Waals surface area (Å²) < 4.78 is 0. The van der Waals surface area contributed by atoms with Gasteiger partial charge < -0.3 is 5.32 Å². The van der Waals surface area contributed by atoms with Crippen molar-refractivity contribution in [2.24, 2.45) is 5.84 Å². The molecule has 0 amide bonds. The van der Waals surface area contributed by atoms with Crippen LogP contribution in [0.25, 0.3) is 10.9 Å². The Labute approximate surface area is 122 Å². The average Bonchev–Trinajstić information content (AvgIpc) is 2.55. The Morgan fingerprint density at radius 2 is 1.95 bits per heavy atom. The molecule has 0 saturated heterocycles. The van der Waals surface area contributed by atoms with Gasteiger partial charge in [0.25, 0.3) is 0 Å². The summed E-state index contributed by atoms with van der Waals surface area (Å²) >= 11 is 0. The minimum Gasteiger partial charge on any atom is -0.363 e. The molecule has 21 heavy (non-hydrogen) atoms. The predicted octanol–water partition coefficient (Wildman–Crippen LogP) is 2.48. The molecule has 1 atom stereocenters. The summed E-state index contributed by atoms with van der Waals surface area (Å²) in [5.41, 5.74) is 4.42. The van der Waals surface area contributed by atoms with Crippen molar-refractivity contribution in [2.45, 2.75) is 13.0 Å². The van der Waals surface area contributed by atoms with E-state index in [0.717, 1.165) is 22.3 Å². The van der Waals surface area contributed by atoms with Gasteiger partial charge in [-0.15, -0.1) is 0 Å². The molecule has 0 aliphatic heterocycles. The van der Waals surface area contributed by atoms with Gasteiger partial charge in [0.05, 0.1) is 11.6 Å². The molecule has 2 heterocycles. The number of nitrogens with one attached hydrogen (secondary N) is 2. The first-order valence-electron chi connectivity index (χ1n) is 6.68. The number of anilines is 2. The van der Waals surface area contributed by atoms with E-state index in [1.807, 2.05) is 42.6 Å². The summed E-state index contributed by atoms with van der Waals surface area (Å²) in [6.07, 6.45) is 3.59. The van der Waals surface area contributed by atoms with Gasteiger partial charge in [-0.3, -0.25) is 10.4 Å². The quantitative estimate of drug-likeness (QED) is 0.502. The van der Waals surface area contributed by atoms with Crippen molar-refractivity contribution in [1.29, 1.82) is 0 Å². The van der Waals surface area contributed by atoms with Crippen LogP contribution in [0.3, 0.4) is 0 Å². The van der Waals surface area contributed by atoms with E-state index >= 15 is 0 Å². The van der Waals surface area contributed by atoms with Crippen LogP contribution in [0.15, 0.2) is 48.8 Å². The number of pyridine rings is 1. The number of hydrogen-bond donors (Lipinski definition) is 3. The molecule has 0 aliphatic rings. The van der Waals surface area contributed by atoms with Crippen molar-refractivity contribution < 1.29 is 0 Å². The van der Waals surface area contributed by atoms with Crippen molar-refractivity contribution >= 4 is 22.7 Å². The summed E-state index contributed by atoms with van der Waals surface area (Å²) in [5.74, 6) is 6.56. The Morgan fingerprint density at radius 3 is 2.71 bits per heavy atom. The Balaban J connectivity index is 1.99. The van der Waals surface area contributed by atoms with Crippen LogP contribution in [0.5, 0.6) is 0 Å². The first-order chi connectivity index (χ1) is 10.3. The zero-order chi connectivity index (χ0) is 14.7. The molecule has 6 heteroatoms. The second-order valence-corrected chi connectivity index (χ2v) is 4.71. The number of rotatable bonds is 4. The molecule has 0 spiro atoms. The molecular weight excluding hydrogens is 264 g/mol. The SMILES string of the molecule is CC(Nc1nc(NN)nc2ccccc12)c1cccnc1. The fourth-order valence-electron chi connectivity index (χ4n) is 2.17. The highest BCUT2D eigenvalue weighted by Gasteiger charge is 2.11. The van der Waals surface area contributed by atoms with Crippen LogP contribution in [0.2, 0.25) is 0 Å². The van der Waals surface area contributed by atoms with Crippen LogP contribution in [0.1, 0.15) is 18.5 Å². The lowest BCUT2D eigenvalue weighted by molar-refractivity contribution is 0.867. The van der Waals surface area contributed by atoms with Crippen LogP contribution >= 0.6 is 0 Å². The third-order valence-electron chi connectivity index (χ3n) is 3.27. The highest BCUT2D eigenvalue weighted by Crippen LogP contribution is 2.25. The summed E-state index contributed by atoms with van der Waals surface area (Å²) in [7, 11) is 0. The smallest absolute Gasteiger partial charge is 0.239 e. The van der Waals surface area contributed by atoms with Gasteiger partial charge in [0.15, 0.2) is 0 Å². The normalized spacial score (nSPS) is 12.1. The minimum atomic E-state index is 0.0719. The number of benzene rings is 1. The first kappa shape index (κ1) is 13.3. The van der Waals surface area contributed by atoms with E-state index < -0.39 is 0 Å². The third kappa shape index (κ3) is 2.75. The van der Waals surface area contributed by atoms with E-state index in [1.54, 1.807) is 6.20 Å². The molecule has 6 nitrogen and oxygen atoms in total.